The van der Waals surface area contributed by atoms with Gasteiger partial charge in [-0.3, -0.25) is 0 Å². The average molecular weight is 334 g/mol. The number of nitrogen functional groups attached to an aromatic ring is 2. The number of rotatable bonds is 5. The largest absolute Gasteiger partial charge is 0.493 e. The Hall–Kier alpha value is -3.08. The van der Waals surface area contributed by atoms with Crippen LogP contribution in [0.3, 0.4) is 0 Å². The number of nitrogens with two attached hydrogens (primary N) is 2. The molecule has 1 aromatic heterocycles. The normalized spacial score (nSPS) is 10.6. The van der Waals surface area contributed by atoms with E-state index in [1.165, 1.54) is 0 Å². The second kappa shape index (κ2) is 7.21. The van der Waals surface area contributed by atoms with Crippen LogP contribution in [0.5, 0.6) is 5.75 Å². The van der Waals surface area contributed by atoms with Crippen LogP contribution < -0.4 is 16.2 Å². The van der Waals surface area contributed by atoms with Crippen LogP contribution in [0.4, 0.5) is 11.8 Å². The van der Waals surface area contributed by atoms with E-state index in [0.29, 0.717) is 18.8 Å². The predicted octanol–water partition coefficient (Wildman–Crippen LogP) is 3.61. The zero-order chi connectivity index (χ0) is 17.8. The summed E-state index contributed by atoms with van der Waals surface area (Å²) in [4.78, 5) is 8.07. The number of hydrogen-bond acceptors (Lipinski definition) is 5. The molecule has 1 heterocycles. The highest BCUT2D eigenvalue weighted by atomic mass is 16.5. The Morgan fingerprint density at radius 2 is 1.84 bits per heavy atom. The lowest BCUT2D eigenvalue weighted by Crippen LogP contribution is -2.05. The monoisotopic (exact) mass is 334 g/mol. The Morgan fingerprint density at radius 1 is 1.08 bits per heavy atom. The van der Waals surface area contributed by atoms with Gasteiger partial charge in [-0.05, 0) is 36.6 Å². The van der Waals surface area contributed by atoms with Crippen molar-refractivity contribution in [3.05, 3.63) is 65.4 Å². The van der Waals surface area contributed by atoms with Crippen molar-refractivity contribution < 1.29 is 4.74 Å². The molecule has 3 rings (SSSR count). The molecule has 4 N–H and O–H groups in total. The minimum Gasteiger partial charge on any atom is -0.493 e. The van der Waals surface area contributed by atoms with E-state index in [9.17, 15) is 0 Å². The first-order valence-electron chi connectivity index (χ1n) is 8.27. The molecule has 0 bridgehead atoms. The van der Waals surface area contributed by atoms with Crippen LogP contribution >= 0.6 is 0 Å². The minimum atomic E-state index is 0.187. The molecule has 0 amide bonds. The third-order valence-corrected chi connectivity index (χ3v) is 4.03. The Labute approximate surface area is 147 Å². The first-order valence-corrected chi connectivity index (χ1v) is 8.27. The number of nitrogens with zero attached hydrogens (tertiary/aromatic N) is 2. The van der Waals surface area contributed by atoms with Gasteiger partial charge < -0.3 is 16.2 Å². The predicted molar refractivity (Wildman–Crippen MR) is 101 cm³/mol. The van der Waals surface area contributed by atoms with Gasteiger partial charge >= 0.3 is 0 Å². The van der Waals surface area contributed by atoms with Crippen LogP contribution in [-0.2, 0) is 6.42 Å². The maximum Gasteiger partial charge on any atom is 0.221 e. The number of aromatic nitrogens is 2. The van der Waals surface area contributed by atoms with Gasteiger partial charge in [0.1, 0.15) is 11.6 Å². The summed E-state index contributed by atoms with van der Waals surface area (Å²) >= 11 is 0. The van der Waals surface area contributed by atoms with E-state index in [1.807, 2.05) is 25.1 Å². The van der Waals surface area contributed by atoms with Crippen molar-refractivity contribution in [3.8, 4) is 16.9 Å². The number of hydrogen-bond donors (Lipinski definition) is 2. The highest BCUT2D eigenvalue weighted by Gasteiger charge is 2.13. The Bertz CT molecular complexity index is 878. The molecule has 2 aromatic carbocycles. The van der Waals surface area contributed by atoms with E-state index in [1.54, 1.807) is 6.20 Å². The van der Waals surface area contributed by atoms with E-state index in [4.69, 9.17) is 16.2 Å². The van der Waals surface area contributed by atoms with Crippen LogP contribution in [0.1, 0.15) is 23.6 Å². The maximum absolute atomic E-state index is 5.96. The van der Waals surface area contributed by atoms with Gasteiger partial charge in [0.05, 0.1) is 6.61 Å². The Balaban J connectivity index is 2.02. The molecule has 0 saturated carbocycles. The summed E-state index contributed by atoms with van der Waals surface area (Å²) < 4.78 is 5.92. The molecule has 0 aliphatic heterocycles. The first-order chi connectivity index (χ1) is 12.1. The zero-order valence-electron chi connectivity index (χ0n) is 14.5. The van der Waals surface area contributed by atoms with Crippen molar-refractivity contribution in [3.63, 3.8) is 0 Å². The standard InChI is InChI=1S/C20H22N4O/c1-3-25-17-11-14(10-16-12-23-20(22)24-19(16)21)9-13(2)18(17)15-7-5-4-6-8-15/h4-9,11-12H,3,10H2,1-2H3,(H4,21,22,23,24). The summed E-state index contributed by atoms with van der Waals surface area (Å²) in [6.45, 7) is 4.69. The molecule has 0 radical (unpaired) electrons. The molecule has 0 aliphatic carbocycles. The van der Waals surface area contributed by atoms with Crippen molar-refractivity contribution in [1.29, 1.82) is 0 Å². The molecule has 0 spiro atoms. The summed E-state index contributed by atoms with van der Waals surface area (Å²) in [7, 11) is 0. The lowest BCUT2D eigenvalue weighted by molar-refractivity contribution is 0.341. The summed E-state index contributed by atoms with van der Waals surface area (Å²) in [5.74, 6) is 1.47. The van der Waals surface area contributed by atoms with E-state index in [0.717, 1.165) is 33.6 Å². The van der Waals surface area contributed by atoms with Gasteiger partial charge in [-0.15, -0.1) is 0 Å². The van der Waals surface area contributed by atoms with Gasteiger partial charge in [0.2, 0.25) is 5.95 Å². The molecule has 128 valence electrons. The van der Waals surface area contributed by atoms with Crippen molar-refractivity contribution in [2.24, 2.45) is 0 Å². The molecule has 25 heavy (non-hydrogen) atoms. The molecule has 5 heteroatoms. The summed E-state index contributed by atoms with van der Waals surface area (Å²) in [6, 6.07) is 14.5. The number of benzene rings is 2. The molecule has 0 unspecified atom stereocenters. The fourth-order valence-corrected chi connectivity index (χ4v) is 2.96. The summed E-state index contributed by atoms with van der Waals surface area (Å²) in [6.07, 6.45) is 2.31. The fourth-order valence-electron chi connectivity index (χ4n) is 2.96. The van der Waals surface area contributed by atoms with E-state index >= 15 is 0 Å². The van der Waals surface area contributed by atoms with Crippen LogP contribution in [0.25, 0.3) is 11.1 Å². The molecule has 0 saturated heterocycles. The van der Waals surface area contributed by atoms with Crippen LogP contribution in [-0.4, -0.2) is 16.6 Å². The Morgan fingerprint density at radius 3 is 2.52 bits per heavy atom. The van der Waals surface area contributed by atoms with Gasteiger partial charge in [0.15, 0.2) is 0 Å². The third-order valence-electron chi connectivity index (χ3n) is 4.03. The number of aryl methyl sites for hydroxylation is 1. The van der Waals surface area contributed by atoms with Gasteiger partial charge in [0.25, 0.3) is 0 Å². The summed E-state index contributed by atoms with van der Waals surface area (Å²) in [5, 5.41) is 0. The van der Waals surface area contributed by atoms with Crippen molar-refractivity contribution in [1.82, 2.24) is 9.97 Å². The van der Waals surface area contributed by atoms with Crippen molar-refractivity contribution in [2.45, 2.75) is 20.3 Å². The zero-order valence-corrected chi connectivity index (χ0v) is 14.5. The van der Waals surface area contributed by atoms with E-state index in [-0.39, 0.29) is 5.95 Å². The molecule has 0 atom stereocenters. The molecule has 0 aliphatic rings. The second-order valence-corrected chi connectivity index (χ2v) is 5.90. The number of anilines is 2. The average Bonchev–Trinajstić information content (AvgIpc) is 2.58. The first kappa shape index (κ1) is 16.8. The van der Waals surface area contributed by atoms with Crippen LogP contribution in [0.15, 0.2) is 48.7 Å². The quantitative estimate of drug-likeness (QED) is 0.744. The Kier molecular flexibility index (Phi) is 4.84. The maximum atomic E-state index is 5.96. The van der Waals surface area contributed by atoms with Gasteiger partial charge in [-0.1, -0.05) is 36.4 Å². The molecule has 0 fully saturated rings. The van der Waals surface area contributed by atoms with E-state index in [2.05, 4.69) is 41.2 Å². The van der Waals surface area contributed by atoms with Gasteiger partial charge in [-0.25, -0.2) is 4.98 Å². The highest BCUT2D eigenvalue weighted by Crippen LogP contribution is 2.35. The number of ether oxygens (including phenoxy) is 1. The fraction of sp³-hybridized carbons (Fsp3) is 0.200. The highest BCUT2D eigenvalue weighted by molar-refractivity contribution is 5.74. The third kappa shape index (κ3) is 3.71. The SMILES string of the molecule is CCOc1cc(Cc2cnc(N)nc2N)cc(C)c1-c1ccccc1. The molecular formula is C20H22N4O. The van der Waals surface area contributed by atoms with Gasteiger partial charge in [-0.2, -0.15) is 4.98 Å². The smallest absolute Gasteiger partial charge is 0.221 e. The summed E-state index contributed by atoms with van der Waals surface area (Å²) in [5.41, 5.74) is 16.9. The minimum absolute atomic E-state index is 0.187. The molecule has 5 nitrogen and oxygen atoms in total. The van der Waals surface area contributed by atoms with Crippen LogP contribution in [0, 0.1) is 6.92 Å². The van der Waals surface area contributed by atoms with Crippen LogP contribution in [0.2, 0.25) is 0 Å². The lowest BCUT2D eigenvalue weighted by Gasteiger charge is -2.16. The molecular weight excluding hydrogens is 312 g/mol. The van der Waals surface area contributed by atoms with Gasteiger partial charge in [0, 0.05) is 23.7 Å². The van der Waals surface area contributed by atoms with E-state index < -0.39 is 0 Å². The second-order valence-electron chi connectivity index (χ2n) is 5.90. The topological polar surface area (TPSA) is 87.0 Å². The van der Waals surface area contributed by atoms with Crippen molar-refractivity contribution in [2.75, 3.05) is 18.1 Å². The lowest BCUT2D eigenvalue weighted by atomic mass is 9.95. The van der Waals surface area contributed by atoms with Crippen molar-refractivity contribution >= 4 is 11.8 Å². The molecule has 3 aromatic rings.